The first kappa shape index (κ1) is 42.0. The first-order chi connectivity index (χ1) is 26.0. The van der Waals surface area contributed by atoms with E-state index in [1.807, 2.05) is 0 Å². The lowest BCUT2D eigenvalue weighted by Crippen LogP contribution is -2.08. The molecule has 2 aliphatic carbocycles. The van der Waals surface area contributed by atoms with Gasteiger partial charge in [-0.15, -0.1) is 22.7 Å². The Morgan fingerprint density at radius 1 is 0.566 bits per heavy atom. The highest BCUT2D eigenvalue weighted by Crippen LogP contribution is 2.52. The largest absolute Gasteiger partial charge is 0.493 e. The van der Waals surface area contributed by atoms with Crippen LogP contribution in [0.3, 0.4) is 0 Å². The molecule has 0 aliphatic heterocycles. The first-order valence-corrected chi connectivity index (χ1v) is 23.7. The van der Waals surface area contributed by atoms with E-state index in [9.17, 15) is 0 Å². The van der Waals surface area contributed by atoms with Gasteiger partial charge in [0.05, 0.1) is 17.9 Å². The molecule has 0 amide bonds. The fourth-order valence-electron chi connectivity index (χ4n) is 8.41. The molecular weight excluding hydrogens is 692 g/mol. The summed E-state index contributed by atoms with van der Waals surface area (Å²) in [5, 5.41) is 0.870. The van der Waals surface area contributed by atoms with Crippen LogP contribution < -0.4 is 9.47 Å². The summed E-state index contributed by atoms with van der Waals surface area (Å²) in [5.74, 6) is 2.19. The van der Waals surface area contributed by atoms with Crippen LogP contribution in [-0.4, -0.2) is 13.2 Å². The fraction of sp³-hybridized carbons (Fsp3) is 0.667. The van der Waals surface area contributed by atoms with Crippen molar-refractivity contribution in [2.24, 2.45) is 0 Å². The van der Waals surface area contributed by atoms with Crippen molar-refractivity contribution in [3.8, 4) is 11.5 Å². The van der Waals surface area contributed by atoms with E-state index < -0.39 is 0 Å². The van der Waals surface area contributed by atoms with E-state index in [-0.39, 0.29) is 5.82 Å². The average molecular weight is 763 g/mol. The standard InChI is InChI=1S/C48H71FO2S2/c1-6-9-12-15-18-19-20-21-22-25-28-42-44(49)43-36(5)52-47(48(43)53-42)37-33-40-41(34-37)46(51-30-27-24-17-14-11-8-3)39-32-35(4)31-38(39)45(40)50-29-26-23-16-13-10-7-2/h31,34H,6-30,32-33H2,1-5H3. The van der Waals surface area contributed by atoms with E-state index in [4.69, 9.17) is 9.47 Å². The summed E-state index contributed by atoms with van der Waals surface area (Å²) in [6.45, 7) is 12.7. The van der Waals surface area contributed by atoms with Gasteiger partial charge in [0, 0.05) is 48.7 Å². The molecule has 5 rings (SSSR count). The normalized spacial score (nSPS) is 13.5. The van der Waals surface area contributed by atoms with E-state index >= 15 is 4.39 Å². The fourth-order valence-corrected chi connectivity index (χ4v) is 11.0. The summed E-state index contributed by atoms with van der Waals surface area (Å²) in [5.41, 5.74) is 7.71. The number of thiophene rings is 2. The Morgan fingerprint density at radius 2 is 1.04 bits per heavy atom. The van der Waals surface area contributed by atoms with Gasteiger partial charge in [-0.3, -0.25) is 0 Å². The molecule has 0 fully saturated rings. The van der Waals surface area contributed by atoms with E-state index in [2.05, 4.69) is 46.8 Å². The molecule has 5 heteroatoms. The highest BCUT2D eigenvalue weighted by atomic mass is 32.1. The van der Waals surface area contributed by atoms with Crippen molar-refractivity contribution in [3.63, 3.8) is 0 Å². The Bertz CT molecular complexity index is 1640. The van der Waals surface area contributed by atoms with Crippen LogP contribution in [0.4, 0.5) is 4.39 Å². The first-order valence-electron chi connectivity index (χ1n) is 22.0. The Morgan fingerprint density at radius 3 is 1.58 bits per heavy atom. The number of aryl methyl sites for hydroxylation is 2. The molecule has 0 spiro atoms. The summed E-state index contributed by atoms with van der Waals surface area (Å²) in [6.07, 6.45) is 35.4. The molecule has 294 valence electrons. The van der Waals surface area contributed by atoms with Crippen LogP contribution in [0, 0.1) is 12.7 Å². The molecule has 2 aliphatic rings. The van der Waals surface area contributed by atoms with Crippen molar-refractivity contribution in [3.05, 3.63) is 48.3 Å². The van der Waals surface area contributed by atoms with Crippen LogP contribution in [0.25, 0.3) is 27.8 Å². The van der Waals surface area contributed by atoms with Gasteiger partial charge in [-0.1, -0.05) is 154 Å². The van der Waals surface area contributed by atoms with E-state index in [0.29, 0.717) is 0 Å². The number of halogens is 1. The summed E-state index contributed by atoms with van der Waals surface area (Å²) >= 11 is 3.50. The van der Waals surface area contributed by atoms with Gasteiger partial charge in [0.1, 0.15) is 17.3 Å². The molecule has 1 aromatic carbocycles. The maximum absolute atomic E-state index is 16.0. The molecule has 0 atom stereocenters. The van der Waals surface area contributed by atoms with Crippen LogP contribution in [0.15, 0.2) is 5.57 Å². The van der Waals surface area contributed by atoms with Crippen molar-refractivity contribution in [2.75, 3.05) is 13.2 Å². The Balaban J connectivity index is 1.32. The van der Waals surface area contributed by atoms with Crippen LogP contribution in [0.5, 0.6) is 11.5 Å². The van der Waals surface area contributed by atoms with Gasteiger partial charge in [0.15, 0.2) is 0 Å². The van der Waals surface area contributed by atoms with Crippen LogP contribution >= 0.6 is 22.7 Å². The topological polar surface area (TPSA) is 18.5 Å². The van der Waals surface area contributed by atoms with Gasteiger partial charge in [0.25, 0.3) is 0 Å². The quantitative estimate of drug-likeness (QED) is 0.0686. The minimum atomic E-state index is 0.0440. The summed E-state index contributed by atoms with van der Waals surface area (Å²) in [6, 6.07) is 0. The van der Waals surface area contributed by atoms with Crippen molar-refractivity contribution < 1.29 is 13.9 Å². The minimum Gasteiger partial charge on any atom is -0.493 e. The smallest absolute Gasteiger partial charge is 0.146 e. The Labute approximate surface area is 331 Å². The molecule has 3 aromatic rings. The molecule has 2 nitrogen and oxygen atoms in total. The number of allylic oxidation sites excluding steroid dienone is 2. The third-order valence-electron chi connectivity index (χ3n) is 11.5. The van der Waals surface area contributed by atoms with Gasteiger partial charge in [-0.05, 0) is 57.6 Å². The van der Waals surface area contributed by atoms with Gasteiger partial charge in [0.2, 0.25) is 0 Å². The zero-order chi connectivity index (χ0) is 37.4. The second kappa shape index (κ2) is 22.4. The number of benzene rings is 1. The predicted octanol–water partition coefficient (Wildman–Crippen LogP) is 16.4. The molecule has 53 heavy (non-hydrogen) atoms. The van der Waals surface area contributed by atoms with Gasteiger partial charge in [-0.2, -0.15) is 0 Å². The van der Waals surface area contributed by atoms with E-state index in [1.165, 1.54) is 160 Å². The third kappa shape index (κ3) is 11.5. The number of fused-ring (bicyclic) bond motifs is 3. The lowest BCUT2D eigenvalue weighted by atomic mass is 9.97. The van der Waals surface area contributed by atoms with Gasteiger partial charge >= 0.3 is 0 Å². The molecule has 2 aromatic heterocycles. The molecule has 0 saturated carbocycles. The maximum atomic E-state index is 16.0. The molecular formula is C48H71FO2S2. The minimum absolute atomic E-state index is 0.0440. The number of ether oxygens (including phenoxy) is 2. The molecule has 0 radical (unpaired) electrons. The van der Waals surface area contributed by atoms with Crippen LogP contribution in [0.2, 0.25) is 0 Å². The van der Waals surface area contributed by atoms with E-state index in [1.54, 1.807) is 22.7 Å². The van der Waals surface area contributed by atoms with Crippen LogP contribution in [0.1, 0.15) is 206 Å². The third-order valence-corrected chi connectivity index (χ3v) is 14.0. The maximum Gasteiger partial charge on any atom is 0.146 e. The predicted molar refractivity (Wildman–Crippen MR) is 233 cm³/mol. The summed E-state index contributed by atoms with van der Waals surface area (Å²) < 4.78 is 30.8. The average Bonchev–Trinajstić information content (AvgIpc) is 3.92. The second-order valence-electron chi connectivity index (χ2n) is 16.2. The number of hydrogen-bond donors (Lipinski definition) is 0. The lowest BCUT2D eigenvalue weighted by Gasteiger charge is -2.20. The summed E-state index contributed by atoms with van der Waals surface area (Å²) in [7, 11) is 0. The SMILES string of the molecule is CCCCCCCCCCCCc1sc2c(C3=Cc4c(c(OCCCCCCCC)c5c(c4OCCCCCCCC)CC(C)=C5)C3)sc(C)c2c1F. The molecule has 0 bridgehead atoms. The molecule has 0 saturated heterocycles. The molecule has 2 heterocycles. The second-order valence-corrected chi connectivity index (χ2v) is 18.5. The lowest BCUT2D eigenvalue weighted by molar-refractivity contribution is 0.292. The monoisotopic (exact) mass is 762 g/mol. The summed E-state index contributed by atoms with van der Waals surface area (Å²) in [4.78, 5) is 3.31. The molecule has 0 unspecified atom stereocenters. The van der Waals surface area contributed by atoms with Gasteiger partial charge < -0.3 is 9.47 Å². The van der Waals surface area contributed by atoms with E-state index in [0.717, 1.165) is 83.1 Å². The number of hydrogen-bond acceptors (Lipinski definition) is 4. The highest BCUT2D eigenvalue weighted by molar-refractivity contribution is 7.25. The Hall–Kier alpha value is -2.11. The van der Waals surface area contributed by atoms with Gasteiger partial charge in [-0.25, -0.2) is 4.39 Å². The number of unbranched alkanes of at least 4 members (excludes halogenated alkanes) is 19. The van der Waals surface area contributed by atoms with Crippen LogP contribution in [-0.2, 0) is 19.3 Å². The number of rotatable bonds is 28. The molecule has 0 N–H and O–H groups in total. The Kier molecular flexibility index (Phi) is 17.8. The zero-order valence-electron chi connectivity index (χ0n) is 34.3. The van der Waals surface area contributed by atoms with Crippen molar-refractivity contribution in [1.82, 2.24) is 0 Å². The van der Waals surface area contributed by atoms with Crippen molar-refractivity contribution in [1.29, 1.82) is 0 Å². The van der Waals surface area contributed by atoms with Crippen molar-refractivity contribution >= 4 is 50.5 Å². The zero-order valence-corrected chi connectivity index (χ0v) is 35.9. The van der Waals surface area contributed by atoms with Crippen molar-refractivity contribution in [2.45, 2.75) is 195 Å². The highest BCUT2D eigenvalue weighted by Gasteiger charge is 2.32.